The minimum atomic E-state index is -0.710. The van der Waals surface area contributed by atoms with Gasteiger partial charge in [-0.05, 0) is 28.7 Å². The van der Waals surface area contributed by atoms with Crippen LogP contribution in [0, 0.1) is 5.41 Å². The maximum atomic E-state index is 13.8. The first-order valence-electron chi connectivity index (χ1n) is 12.4. The molecule has 1 aliphatic heterocycles. The van der Waals surface area contributed by atoms with Crippen LogP contribution in [-0.2, 0) is 4.79 Å². The van der Waals surface area contributed by atoms with Crippen LogP contribution in [0.2, 0.25) is 0 Å². The predicted octanol–water partition coefficient (Wildman–Crippen LogP) is 6.85. The summed E-state index contributed by atoms with van der Waals surface area (Å²) in [5, 5.41) is 10.3. The van der Waals surface area contributed by atoms with Crippen molar-refractivity contribution in [2.45, 2.75) is 32.6 Å². The van der Waals surface area contributed by atoms with E-state index in [2.05, 4.69) is 0 Å². The zero-order valence-electron chi connectivity index (χ0n) is 20.7. The van der Waals surface area contributed by atoms with Gasteiger partial charge >= 0.3 is 5.63 Å². The first-order chi connectivity index (χ1) is 17.8. The summed E-state index contributed by atoms with van der Waals surface area (Å²) >= 11 is 0. The molecule has 0 saturated carbocycles. The second-order valence-electron chi connectivity index (χ2n) is 10.5. The second kappa shape index (κ2) is 8.63. The Bertz CT molecular complexity index is 1610. The number of carbonyl (C=O) groups is 1. The lowest BCUT2D eigenvalue weighted by molar-refractivity contribution is -0.118. The summed E-state index contributed by atoms with van der Waals surface area (Å²) in [4.78, 5) is 27.3. The Labute approximate surface area is 214 Å². The van der Waals surface area contributed by atoms with E-state index >= 15 is 0 Å². The third-order valence-electron chi connectivity index (χ3n) is 7.10. The molecule has 1 N–H and O–H groups in total. The Morgan fingerprint density at radius 1 is 0.838 bits per heavy atom. The second-order valence-corrected chi connectivity index (χ2v) is 10.5. The average Bonchev–Trinajstić information content (AvgIpc) is 2.87. The van der Waals surface area contributed by atoms with E-state index < -0.39 is 11.5 Å². The lowest BCUT2D eigenvalue weighted by Gasteiger charge is -2.38. The number of allylic oxidation sites excluding steroid dienone is 2. The fourth-order valence-corrected chi connectivity index (χ4v) is 5.54. The molecule has 0 radical (unpaired) electrons. The highest BCUT2D eigenvalue weighted by Gasteiger charge is 2.45. The van der Waals surface area contributed by atoms with E-state index in [0.29, 0.717) is 46.8 Å². The fraction of sp³-hybridized carbons (Fsp3) is 0.188. The molecule has 0 spiro atoms. The zero-order chi connectivity index (χ0) is 25.7. The number of benzene rings is 3. The monoisotopic (exact) mass is 490 g/mol. The number of carbonyl (C=O) groups excluding carboxylic acids is 1. The zero-order valence-corrected chi connectivity index (χ0v) is 20.7. The van der Waals surface area contributed by atoms with Crippen LogP contribution in [0.3, 0.4) is 0 Å². The molecule has 4 aromatic rings. The molecule has 2 aliphatic rings. The van der Waals surface area contributed by atoms with Gasteiger partial charge in [-0.15, -0.1) is 0 Å². The summed E-state index contributed by atoms with van der Waals surface area (Å²) in [7, 11) is 0. The molecule has 1 unspecified atom stereocenters. The molecule has 3 aromatic carbocycles. The SMILES string of the molecule is CC1(C)CC(=O)C2=C(C1)Oc1c(-c3ccccc3)c(-c3ccccc3)oc(=O)c1C2c1cccc(O)c1. The summed E-state index contributed by atoms with van der Waals surface area (Å²) in [6.07, 6.45) is 0.900. The van der Waals surface area contributed by atoms with Crippen LogP contribution in [-0.4, -0.2) is 10.9 Å². The first-order valence-corrected chi connectivity index (χ1v) is 12.4. The molecule has 0 bridgehead atoms. The number of rotatable bonds is 3. The van der Waals surface area contributed by atoms with Crippen molar-refractivity contribution in [3.8, 4) is 33.9 Å². The first kappa shape index (κ1) is 23.0. The maximum Gasteiger partial charge on any atom is 0.344 e. The number of hydrogen-bond acceptors (Lipinski definition) is 5. The van der Waals surface area contributed by atoms with Gasteiger partial charge in [-0.2, -0.15) is 0 Å². The molecule has 1 atom stereocenters. The molecule has 1 aliphatic carbocycles. The fourth-order valence-electron chi connectivity index (χ4n) is 5.54. The van der Waals surface area contributed by atoms with Gasteiger partial charge in [0.05, 0.1) is 17.0 Å². The molecule has 6 rings (SSSR count). The lowest BCUT2D eigenvalue weighted by atomic mass is 9.70. The standard InChI is InChI=1S/C32H26O5/c1-32(2)17-23(34)27-24(18-32)36-30-26(19-10-5-3-6-11-19)29(20-12-7-4-8-13-20)37-31(35)28(30)25(27)21-14-9-15-22(33)16-21/h3-16,25,33H,17-18H2,1-2H3. The Balaban J connectivity index is 1.71. The van der Waals surface area contributed by atoms with Crippen molar-refractivity contribution < 1.29 is 19.1 Å². The van der Waals surface area contributed by atoms with Gasteiger partial charge < -0.3 is 14.3 Å². The van der Waals surface area contributed by atoms with Crippen LogP contribution < -0.4 is 10.4 Å². The van der Waals surface area contributed by atoms with Crippen LogP contribution in [0.4, 0.5) is 0 Å². The topological polar surface area (TPSA) is 76.7 Å². The van der Waals surface area contributed by atoms with E-state index in [-0.39, 0.29) is 22.5 Å². The highest BCUT2D eigenvalue weighted by atomic mass is 16.5. The summed E-state index contributed by atoms with van der Waals surface area (Å²) < 4.78 is 12.6. The van der Waals surface area contributed by atoms with Gasteiger partial charge in [0.1, 0.15) is 23.0 Å². The Kier molecular flexibility index (Phi) is 5.37. The minimum Gasteiger partial charge on any atom is -0.508 e. The number of phenolic OH excluding ortho intramolecular Hbond substituents is 1. The summed E-state index contributed by atoms with van der Waals surface area (Å²) in [6, 6.07) is 25.9. The van der Waals surface area contributed by atoms with Gasteiger partial charge in [0.2, 0.25) is 0 Å². The maximum absolute atomic E-state index is 13.8. The normalized spacial score (nSPS) is 18.1. The van der Waals surface area contributed by atoms with Crippen LogP contribution in [0.25, 0.3) is 22.5 Å². The molecule has 1 aromatic heterocycles. The predicted molar refractivity (Wildman–Crippen MR) is 141 cm³/mol. The van der Waals surface area contributed by atoms with Crippen molar-refractivity contribution in [3.63, 3.8) is 0 Å². The van der Waals surface area contributed by atoms with Crippen molar-refractivity contribution in [3.05, 3.63) is 118 Å². The van der Waals surface area contributed by atoms with Gasteiger partial charge in [-0.3, -0.25) is 4.79 Å². The van der Waals surface area contributed by atoms with Crippen molar-refractivity contribution in [1.29, 1.82) is 0 Å². The number of phenols is 1. The third kappa shape index (κ3) is 3.97. The van der Waals surface area contributed by atoms with Gasteiger partial charge in [0.15, 0.2) is 5.78 Å². The van der Waals surface area contributed by atoms with E-state index in [1.807, 2.05) is 80.6 Å². The molecule has 0 amide bonds. The molecule has 5 heteroatoms. The molecule has 184 valence electrons. The Morgan fingerprint density at radius 3 is 2.19 bits per heavy atom. The van der Waals surface area contributed by atoms with Gasteiger partial charge in [-0.25, -0.2) is 4.79 Å². The molecular formula is C32H26O5. The van der Waals surface area contributed by atoms with Gasteiger partial charge in [0.25, 0.3) is 0 Å². The van der Waals surface area contributed by atoms with Crippen molar-refractivity contribution in [2.24, 2.45) is 5.41 Å². The number of fused-ring (bicyclic) bond motifs is 1. The van der Waals surface area contributed by atoms with E-state index in [0.717, 1.165) is 11.1 Å². The quantitative estimate of drug-likeness (QED) is 0.340. The van der Waals surface area contributed by atoms with Crippen molar-refractivity contribution >= 4 is 5.78 Å². The molecule has 0 fully saturated rings. The molecule has 5 nitrogen and oxygen atoms in total. The number of hydrogen-bond donors (Lipinski definition) is 1. The highest BCUT2D eigenvalue weighted by molar-refractivity contribution is 6.01. The van der Waals surface area contributed by atoms with E-state index in [9.17, 15) is 14.7 Å². The largest absolute Gasteiger partial charge is 0.508 e. The number of ether oxygens (including phenoxy) is 1. The lowest BCUT2D eigenvalue weighted by Crippen LogP contribution is -2.35. The molecule has 0 saturated heterocycles. The minimum absolute atomic E-state index is 0.0574. The number of Topliss-reactive ketones (excluding diaryl/α,β-unsaturated/α-hetero) is 1. The number of ketones is 1. The highest BCUT2D eigenvalue weighted by Crippen LogP contribution is 2.53. The van der Waals surface area contributed by atoms with E-state index in [1.165, 1.54) is 0 Å². The van der Waals surface area contributed by atoms with E-state index in [4.69, 9.17) is 9.15 Å². The molecule has 37 heavy (non-hydrogen) atoms. The van der Waals surface area contributed by atoms with Crippen molar-refractivity contribution in [1.82, 2.24) is 0 Å². The molecular weight excluding hydrogens is 464 g/mol. The Hall–Kier alpha value is -4.38. The summed E-state index contributed by atoms with van der Waals surface area (Å²) in [5.74, 6) is 0.680. The third-order valence-corrected chi connectivity index (χ3v) is 7.10. The van der Waals surface area contributed by atoms with Gasteiger partial charge in [0, 0.05) is 24.0 Å². The summed E-state index contributed by atoms with van der Waals surface area (Å²) in [6.45, 7) is 4.09. The van der Waals surface area contributed by atoms with E-state index in [1.54, 1.807) is 18.2 Å². The molecule has 2 heterocycles. The van der Waals surface area contributed by atoms with Crippen LogP contribution >= 0.6 is 0 Å². The van der Waals surface area contributed by atoms with Crippen LogP contribution in [0.15, 0.2) is 105 Å². The average molecular weight is 491 g/mol. The summed E-state index contributed by atoms with van der Waals surface area (Å²) in [5.41, 5.74) is 2.78. The smallest absolute Gasteiger partial charge is 0.344 e. The van der Waals surface area contributed by atoms with Gasteiger partial charge in [-0.1, -0.05) is 86.6 Å². The van der Waals surface area contributed by atoms with Crippen LogP contribution in [0.1, 0.15) is 43.7 Å². The number of aromatic hydroxyl groups is 1. The van der Waals surface area contributed by atoms with Crippen LogP contribution in [0.5, 0.6) is 11.5 Å². The van der Waals surface area contributed by atoms with Crippen molar-refractivity contribution in [2.75, 3.05) is 0 Å². The Morgan fingerprint density at radius 2 is 1.51 bits per heavy atom.